The van der Waals surface area contributed by atoms with Crippen molar-refractivity contribution in [3.8, 4) is 28.7 Å². The van der Waals surface area contributed by atoms with Crippen molar-refractivity contribution >= 4 is 21.6 Å². The van der Waals surface area contributed by atoms with E-state index >= 15 is 0 Å². The molecule has 3 aromatic rings. The molecule has 10 heteroatoms. The highest BCUT2D eigenvalue weighted by molar-refractivity contribution is 7.89. The van der Waals surface area contributed by atoms with Gasteiger partial charge in [0.1, 0.15) is 0 Å². The molecule has 1 aromatic carbocycles. The van der Waals surface area contributed by atoms with Crippen molar-refractivity contribution in [3.63, 3.8) is 0 Å². The van der Waals surface area contributed by atoms with Crippen molar-refractivity contribution in [1.29, 1.82) is 0 Å². The molecule has 1 unspecified atom stereocenters. The Labute approximate surface area is 192 Å². The van der Waals surface area contributed by atoms with Gasteiger partial charge in [-0.25, -0.2) is 18.5 Å². The first-order valence-corrected chi connectivity index (χ1v) is 12.4. The molecule has 4 rings (SSSR count). The number of nitrogens with two attached hydrogens (primary N) is 1. The van der Waals surface area contributed by atoms with Crippen LogP contribution in [-0.4, -0.2) is 30.7 Å². The van der Waals surface area contributed by atoms with Crippen LogP contribution in [0.1, 0.15) is 60.6 Å². The molecule has 1 aliphatic carbocycles. The van der Waals surface area contributed by atoms with Crippen molar-refractivity contribution in [2.75, 3.05) is 7.11 Å². The lowest BCUT2D eigenvalue weighted by atomic mass is 10.0. The predicted molar refractivity (Wildman–Crippen MR) is 122 cm³/mol. The average Bonchev–Trinajstić information content (AvgIpc) is 3.44. The van der Waals surface area contributed by atoms with Gasteiger partial charge in [0.25, 0.3) is 5.89 Å². The Hall–Kier alpha value is -2.49. The van der Waals surface area contributed by atoms with Gasteiger partial charge in [-0.05, 0) is 56.0 Å². The summed E-state index contributed by atoms with van der Waals surface area (Å²) >= 11 is 6.41. The number of benzene rings is 1. The molecule has 8 nitrogen and oxygen atoms in total. The summed E-state index contributed by atoms with van der Waals surface area (Å²) in [7, 11) is -2.20. The molecule has 1 saturated carbocycles. The average molecular weight is 477 g/mol. The Bertz CT molecular complexity index is 1230. The van der Waals surface area contributed by atoms with Crippen LogP contribution in [0.15, 0.2) is 28.8 Å². The van der Waals surface area contributed by atoms with Crippen LogP contribution in [0.5, 0.6) is 5.88 Å². The quantitative estimate of drug-likeness (QED) is 0.543. The monoisotopic (exact) mass is 476 g/mol. The van der Waals surface area contributed by atoms with Gasteiger partial charge in [-0.3, -0.25) is 0 Å². The van der Waals surface area contributed by atoms with Gasteiger partial charge in [-0.2, -0.15) is 4.98 Å². The molecule has 0 aliphatic heterocycles. The van der Waals surface area contributed by atoms with Gasteiger partial charge >= 0.3 is 0 Å². The molecule has 1 fully saturated rings. The second-order valence-electron chi connectivity index (χ2n) is 8.15. The molecule has 1 atom stereocenters. The Kier molecular flexibility index (Phi) is 6.24. The lowest BCUT2D eigenvalue weighted by molar-refractivity contribution is 0.394. The van der Waals surface area contributed by atoms with E-state index in [0.717, 1.165) is 24.1 Å². The van der Waals surface area contributed by atoms with Gasteiger partial charge in [0, 0.05) is 33.8 Å². The standard InChI is InChI=1S/C22H25ClN4O4S/c1-12-8-15(9-17(23)20(12)13(2)32(24,28)29)21-26-22(31-27-21)16-10-18(14-6-4-5-7-14)25-19(11-16)30-3/h8-11,13-14H,4-7H2,1-3H3,(H2,24,28,29). The molecule has 0 spiro atoms. The first kappa shape index (κ1) is 22.7. The van der Waals surface area contributed by atoms with Crippen LogP contribution < -0.4 is 9.88 Å². The summed E-state index contributed by atoms with van der Waals surface area (Å²) in [6.07, 6.45) is 4.61. The van der Waals surface area contributed by atoms with E-state index < -0.39 is 15.3 Å². The van der Waals surface area contributed by atoms with Crippen molar-refractivity contribution in [2.45, 2.75) is 50.7 Å². The number of methoxy groups -OCH3 is 1. The smallest absolute Gasteiger partial charge is 0.258 e. The van der Waals surface area contributed by atoms with E-state index in [1.807, 2.05) is 6.07 Å². The molecule has 0 amide bonds. The maximum absolute atomic E-state index is 11.8. The van der Waals surface area contributed by atoms with Crippen LogP contribution in [0.4, 0.5) is 0 Å². The number of ether oxygens (including phenoxy) is 1. The zero-order chi connectivity index (χ0) is 23.0. The van der Waals surface area contributed by atoms with E-state index in [-0.39, 0.29) is 5.02 Å². The predicted octanol–water partition coefficient (Wildman–Crippen LogP) is 4.78. The highest BCUT2D eigenvalue weighted by Crippen LogP contribution is 2.37. The Balaban J connectivity index is 1.70. The topological polar surface area (TPSA) is 121 Å². The van der Waals surface area contributed by atoms with E-state index in [9.17, 15) is 8.42 Å². The minimum Gasteiger partial charge on any atom is -0.481 e. The number of aromatic nitrogens is 3. The molecular formula is C22H25ClN4O4S. The van der Waals surface area contributed by atoms with Crippen LogP contribution in [0.2, 0.25) is 5.02 Å². The second kappa shape index (κ2) is 8.80. The van der Waals surface area contributed by atoms with Gasteiger partial charge in [0.05, 0.1) is 12.4 Å². The van der Waals surface area contributed by atoms with Crippen LogP contribution in [0.25, 0.3) is 22.8 Å². The van der Waals surface area contributed by atoms with Gasteiger partial charge in [-0.15, -0.1) is 0 Å². The number of hydrogen-bond acceptors (Lipinski definition) is 7. The molecule has 0 bridgehead atoms. The second-order valence-corrected chi connectivity index (χ2v) is 10.4. The van der Waals surface area contributed by atoms with E-state index in [2.05, 4.69) is 15.1 Å². The van der Waals surface area contributed by atoms with Gasteiger partial charge in [0.2, 0.25) is 21.7 Å². The number of hydrogen-bond donors (Lipinski definition) is 1. The minimum absolute atomic E-state index is 0.280. The molecular weight excluding hydrogens is 452 g/mol. The first-order valence-electron chi connectivity index (χ1n) is 10.4. The lowest BCUT2D eigenvalue weighted by Gasteiger charge is -2.15. The highest BCUT2D eigenvalue weighted by Gasteiger charge is 2.25. The number of nitrogens with zero attached hydrogens (tertiary/aromatic N) is 3. The van der Waals surface area contributed by atoms with E-state index in [4.69, 9.17) is 26.0 Å². The van der Waals surface area contributed by atoms with Crippen LogP contribution in [-0.2, 0) is 10.0 Å². The minimum atomic E-state index is -3.78. The molecule has 2 heterocycles. The molecule has 2 aromatic heterocycles. The zero-order valence-electron chi connectivity index (χ0n) is 18.1. The summed E-state index contributed by atoms with van der Waals surface area (Å²) < 4.78 is 34.5. The SMILES string of the molecule is COc1cc(-c2nc(-c3cc(C)c(C(C)S(N)(=O)=O)c(Cl)c3)no2)cc(C2CCCC2)n1. The fraction of sp³-hybridized carbons (Fsp3) is 0.409. The van der Waals surface area contributed by atoms with E-state index in [1.165, 1.54) is 19.8 Å². The highest BCUT2D eigenvalue weighted by atomic mass is 35.5. The van der Waals surface area contributed by atoms with Crippen LogP contribution >= 0.6 is 11.6 Å². The number of rotatable bonds is 6. The molecule has 0 radical (unpaired) electrons. The number of pyridine rings is 1. The maximum atomic E-state index is 11.8. The molecule has 2 N–H and O–H groups in total. The first-order chi connectivity index (χ1) is 15.2. The largest absolute Gasteiger partial charge is 0.481 e. The Morgan fingerprint density at radius 2 is 1.88 bits per heavy atom. The fourth-order valence-electron chi connectivity index (χ4n) is 4.21. The van der Waals surface area contributed by atoms with Crippen LogP contribution in [0.3, 0.4) is 0 Å². The fourth-order valence-corrected chi connectivity index (χ4v) is 5.34. The molecule has 1 aliphatic rings. The van der Waals surface area contributed by atoms with Crippen molar-refractivity contribution in [3.05, 3.63) is 46.1 Å². The number of halogens is 1. The summed E-state index contributed by atoms with van der Waals surface area (Å²) in [5.41, 5.74) is 3.46. The number of primary sulfonamides is 1. The summed E-state index contributed by atoms with van der Waals surface area (Å²) in [6, 6.07) is 7.14. The van der Waals surface area contributed by atoms with E-state index in [0.29, 0.717) is 40.2 Å². The Morgan fingerprint density at radius 3 is 2.50 bits per heavy atom. The third kappa shape index (κ3) is 4.51. The maximum Gasteiger partial charge on any atom is 0.258 e. The Morgan fingerprint density at radius 1 is 1.16 bits per heavy atom. The molecule has 32 heavy (non-hydrogen) atoms. The number of sulfonamides is 1. The normalized spacial score (nSPS) is 15.8. The summed E-state index contributed by atoms with van der Waals surface area (Å²) in [5.74, 6) is 1.60. The molecule has 170 valence electrons. The lowest BCUT2D eigenvalue weighted by Crippen LogP contribution is -2.20. The van der Waals surface area contributed by atoms with Crippen molar-refractivity contribution in [2.24, 2.45) is 5.14 Å². The van der Waals surface area contributed by atoms with Gasteiger partial charge in [-0.1, -0.05) is 29.6 Å². The van der Waals surface area contributed by atoms with Crippen molar-refractivity contribution < 1.29 is 17.7 Å². The summed E-state index contributed by atoms with van der Waals surface area (Å²) in [6.45, 7) is 3.28. The molecule has 0 saturated heterocycles. The number of aryl methyl sites for hydroxylation is 1. The third-order valence-electron chi connectivity index (χ3n) is 5.97. The van der Waals surface area contributed by atoms with E-state index in [1.54, 1.807) is 32.2 Å². The summed E-state index contributed by atoms with van der Waals surface area (Å²) in [5, 5.41) is 8.76. The van der Waals surface area contributed by atoms with Gasteiger partial charge in [0.15, 0.2) is 0 Å². The third-order valence-corrected chi connectivity index (χ3v) is 7.51. The van der Waals surface area contributed by atoms with Gasteiger partial charge < -0.3 is 9.26 Å². The van der Waals surface area contributed by atoms with Crippen molar-refractivity contribution in [1.82, 2.24) is 15.1 Å². The zero-order valence-corrected chi connectivity index (χ0v) is 19.7. The summed E-state index contributed by atoms with van der Waals surface area (Å²) in [4.78, 5) is 9.14. The van der Waals surface area contributed by atoms with Crippen LogP contribution in [0, 0.1) is 6.92 Å².